The largest absolute Gasteiger partial charge is 0.442 e. The second-order valence-corrected chi connectivity index (χ2v) is 5.67. The van der Waals surface area contributed by atoms with E-state index < -0.39 is 6.09 Å². The van der Waals surface area contributed by atoms with Crippen molar-refractivity contribution < 1.29 is 14.3 Å². The van der Waals surface area contributed by atoms with E-state index in [0.29, 0.717) is 18.8 Å². The Labute approximate surface area is 134 Å². The van der Waals surface area contributed by atoms with Gasteiger partial charge in [0.1, 0.15) is 11.9 Å². The summed E-state index contributed by atoms with van der Waals surface area (Å²) in [5.41, 5.74) is 0.708. The summed E-state index contributed by atoms with van der Waals surface area (Å²) in [5, 5.41) is 5.96. The fourth-order valence-corrected chi connectivity index (χ4v) is 2.72. The molecule has 1 atom stereocenters. The second kappa shape index (κ2) is 6.82. The molecule has 23 heavy (non-hydrogen) atoms. The van der Waals surface area contributed by atoms with E-state index in [0.717, 1.165) is 32.0 Å². The van der Waals surface area contributed by atoms with Gasteiger partial charge in [-0.05, 0) is 12.1 Å². The molecule has 3 rings (SSSR count). The lowest BCUT2D eigenvalue weighted by atomic mass is 10.3. The van der Waals surface area contributed by atoms with Crippen LogP contribution in [0.4, 0.5) is 16.3 Å². The molecule has 124 valence electrons. The third kappa shape index (κ3) is 3.70. The van der Waals surface area contributed by atoms with Gasteiger partial charge in [0.2, 0.25) is 5.91 Å². The van der Waals surface area contributed by atoms with Crippen LogP contribution in [0.2, 0.25) is 0 Å². The van der Waals surface area contributed by atoms with Gasteiger partial charge in [-0.3, -0.25) is 9.69 Å². The smallest absolute Gasteiger partial charge is 0.414 e. The number of ether oxygens (including phenoxy) is 1. The van der Waals surface area contributed by atoms with Gasteiger partial charge in [0.25, 0.3) is 0 Å². The Morgan fingerprint density at radius 2 is 2.22 bits per heavy atom. The molecule has 2 aliphatic heterocycles. The van der Waals surface area contributed by atoms with Crippen LogP contribution in [0.25, 0.3) is 0 Å². The lowest BCUT2D eigenvalue weighted by Crippen LogP contribution is -2.43. The molecule has 0 aromatic carbocycles. The van der Waals surface area contributed by atoms with Gasteiger partial charge in [0.15, 0.2) is 0 Å². The predicted octanol–water partition coefficient (Wildman–Crippen LogP) is -0.0475. The Bertz CT molecular complexity index is 571. The summed E-state index contributed by atoms with van der Waals surface area (Å²) in [7, 11) is 0. The fraction of sp³-hybridized carbons (Fsp3) is 0.533. The van der Waals surface area contributed by atoms with Crippen molar-refractivity contribution in [1.82, 2.24) is 15.6 Å². The molecule has 2 saturated heterocycles. The minimum absolute atomic E-state index is 0.137. The molecule has 0 spiro atoms. The molecule has 0 radical (unpaired) electrons. The molecule has 2 N–H and O–H groups in total. The van der Waals surface area contributed by atoms with Crippen molar-refractivity contribution in [3.8, 4) is 0 Å². The average Bonchev–Trinajstić information content (AvgIpc) is 2.95. The number of aromatic nitrogens is 1. The van der Waals surface area contributed by atoms with E-state index in [1.165, 1.54) is 6.92 Å². The molecular weight excluding hydrogens is 298 g/mol. The highest BCUT2D eigenvalue weighted by molar-refractivity contribution is 5.89. The van der Waals surface area contributed by atoms with Crippen LogP contribution in [-0.2, 0) is 9.53 Å². The first-order valence-electron chi connectivity index (χ1n) is 7.78. The topological polar surface area (TPSA) is 86.8 Å². The van der Waals surface area contributed by atoms with E-state index >= 15 is 0 Å². The highest BCUT2D eigenvalue weighted by Gasteiger charge is 2.32. The van der Waals surface area contributed by atoms with Crippen molar-refractivity contribution in [2.45, 2.75) is 13.0 Å². The maximum Gasteiger partial charge on any atom is 0.414 e. The first-order chi connectivity index (χ1) is 11.1. The van der Waals surface area contributed by atoms with E-state index in [-0.39, 0.29) is 12.0 Å². The molecule has 2 amide bonds. The van der Waals surface area contributed by atoms with Gasteiger partial charge in [-0.25, -0.2) is 9.78 Å². The van der Waals surface area contributed by atoms with Crippen molar-refractivity contribution in [3.63, 3.8) is 0 Å². The van der Waals surface area contributed by atoms with E-state index in [9.17, 15) is 9.59 Å². The normalized spacial score (nSPS) is 21.3. The zero-order chi connectivity index (χ0) is 16.2. The number of hydrogen-bond donors (Lipinski definition) is 2. The number of piperazine rings is 1. The van der Waals surface area contributed by atoms with Crippen LogP contribution in [0.5, 0.6) is 0 Å². The fourth-order valence-electron chi connectivity index (χ4n) is 2.72. The van der Waals surface area contributed by atoms with Gasteiger partial charge >= 0.3 is 6.09 Å². The van der Waals surface area contributed by atoms with Crippen molar-refractivity contribution in [1.29, 1.82) is 0 Å². The minimum Gasteiger partial charge on any atom is -0.442 e. The average molecular weight is 319 g/mol. The highest BCUT2D eigenvalue weighted by Crippen LogP contribution is 2.23. The zero-order valence-electron chi connectivity index (χ0n) is 13.1. The summed E-state index contributed by atoms with van der Waals surface area (Å²) >= 11 is 0. The summed E-state index contributed by atoms with van der Waals surface area (Å²) < 4.78 is 5.25. The molecule has 8 nitrogen and oxygen atoms in total. The van der Waals surface area contributed by atoms with Crippen LogP contribution >= 0.6 is 0 Å². The maximum atomic E-state index is 12.0. The van der Waals surface area contributed by atoms with Crippen LogP contribution in [0.3, 0.4) is 0 Å². The number of hydrogen-bond acceptors (Lipinski definition) is 6. The molecule has 2 aliphatic rings. The van der Waals surface area contributed by atoms with Gasteiger partial charge in [0.05, 0.1) is 25.0 Å². The van der Waals surface area contributed by atoms with E-state index in [1.54, 1.807) is 11.1 Å². The predicted molar refractivity (Wildman–Crippen MR) is 85.6 cm³/mol. The number of anilines is 2. The van der Waals surface area contributed by atoms with Crippen LogP contribution in [0, 0.1) is 0 Å². The third-order valence-corrected chi connectivity index (χ3v) is 3.94. The minimum atomic E-state index is -0.405. The number of pyridine rings is 1. The van der Waals surface area contributed by atoms with Crippen LogP contribution in [0.1, 0.15) is 6.92 Å². The first-order valence-corrected chi connectivity index (χ1v) is 7.78. The van der Waals surface area contributed by atoms with E-state index in [2.05, 4.69) is 20.5 Å². The monoisotopic (exact) mass is 319 g/mol. The molecule has 1 aromatic heterocycles. The lowest BCUT2D eigenvalue weighted by Gasteiger charge is -2.28. The zero-order valence-corrected chi connectivity index (χ0v) is 13.1. The molecule has 1 aromatic rings. The quantitative estimate of drug-likeness (QED) is 0.809. The number of rotatable bonds is 4. The SMILES string of the molecule is CC(=O)NCC1CN(c2ccc(N3CCNCC3)nc2)C(=O)O1. The molecule has 0 saturated carbocycles. The molecule has 3 heterocycles. The Kier molecular flexibility index (Phi) is 4.61. The number of nitrogens with one attached hydrogen (secondary N) is 2. The molecule has 1 unspecified atom stereocenters. The number of amides is 2. The Balaban J connectivity index is 1.62. The molecule has 0 bridgehead atoms. The van der Waals surface area contributed by atoms with Gasteiger partial charge in [0, 0.05) is 33.1 Å². The van der Waals surface area contributed by atoms with Crippen LogP contribution in [-0.4, -0.2) is 62.4 Å². The molecule has 0 aliphatic carbocycles. The van der Waals surface area contributed by atoms with E-state index in [1.807, 2.05) is 12.1 Å². The van der Waals surface area contributed by atoms with E-state index in [4.69, 9.17) is 4.74 Å². The summed E-state index contributed by atoms with van der Waals surface area (Å²) in [6.07, 6.45) is 0.954. The molecular formula is C15H21N5O3. The van der Waals surface area contributed by atoms with Gasteiger partial charge in [-0.1, -0.05) is 0 Å². The summed E-state index contributed by atoms with van der Waals surface area (Å²) in [6.45, 7) is 5.93. The van der Waals surface area contributed by atoms with Crippen molar-refractivity contribution in [2.75, 3.05) is 49.1 Å². The summed E-state index contributed by atoms with van der Waals surface area (Å²) in [6, 6.07) is 3.81. The van der Waals surface area contributed by atoms with Crippen LogP contribution in [0.15, 0.2) is 18.3 Å². The van der Waals surface area contributed by atoms with Crippen LogP contribution < -0.4 is 20.4 Å². The highest BCUT2D eigenvalue weighted by atomic mass is 16.6. The number of cyclic esters (lactones) is 1. The number of carbonyl (C=O) groups excluding carboxylic acids is 2. The molecule has 2 fully saturated rings. The Morgan fingerprint density at radius 1 is 1.43 bits per heavy atom. The van der Waals surface area contributed by atoms with Gasteiger partial charge in [-0.2, -0.15) is 0 Å². The Hall–Kier alpha value is -2.35. The third-order valence-electron chi connectivity index (χ3n) is 3.94. The van der Waals surface area contributed by atoms with Crippen molar-refractivity contribution >= 4 is 23.5 Å². The lowest BCUT2D eigenvalue weighted by molar-refractivity contribution is -0.119. The van der Waals surface area contributed by atoms with Gasteiger partial charge < -0.3 is 20.3 Å². The van der Waals surface area contributed by atoms with Crippen molar-refractivity contribution in [3.05, 3.63) is 18.3 Å². The number of nitrogens with zero attached hydrogens (tertiary/aromatic N) is 3. The summed E-state index contributed by atoms with van der Waals surface area (Å²) in [5.74, 6) is 0.777. The maximum absolute atomic E-state index is 12.0. The van der Waals surface area contributed by atoms with Crippen molar-refractivity contribution in [2.24, 2.45) is 0 Å². The summed E-state index contributed by atoms with van der Waals surface area (Å²) in [4.78, 5) is 31.1. The first kappa shape index (κ1) is 15.5. The number of carbonyl (C=O) groups is 2. The second-order valence-electron chi connectivity index (χ2n) is 5.67. The molecule has 8 heteroatoms. The Morgan fingerprint density at radius 3 is 2.87 bits per heavy atom. The standard InChI is InChI=1S/C15H21N5O3/c1-11(21)17-9-13-10-20(15(22)23-13)12-2-3-14(18-8-12)19-6-4-16-5-7-19/h2-3,8,13,16H,4-7,9-10H2,1H3,(H,17,21). The van der Waals surface area contributed by atoms with Gasteiger partial charge in [-0.15, -0.1) is 0 Å².